The first-order chi connectivity index (χ1) is 20.2. The zero-order valence-corrected chi connectivity index (χ0v) is 25.8. The highest BCUT2D eigenvalue weighted by atomic mass is 15.2. The fourth-order valence-corrected chi connectivity index (χ4v) is 5.34. The number of piperidine rings is 1. The van der Waals surface area contributed by atoms with Crippen molar-refractivity contribution in [3.8, 4) is 11.8 Å². The summed E-state index contributed by atoms with van der Waals surface area (Å²) in [6.45, 7) is 23.7. The Kier molecular flexibility index (Phi) is 10.5. The van der Waals surface area contributed by atoms with Crippen LogP contribution in [0.2, 0.25) is 0 Å². The third kappa shape index (κ3) is 8.51. The number of fused-ring (bicyclic) bond motifs is 2. The minimum absolute atomic E-state index is 0.490. The van der Waals surface area contributed by atoms with Crippen molar-refractivity contribution in [3.05, 3.63) is 127 Å². The largest absolute Gasteiger partial charge is 0.381 e. The van der Waals surface area contributed by atoms with E-state index in [4.69, 9.17) is 0 Å². The van der Waals surface area contributed by atoms with Crippen LogP contribution in [-0.2, 0) is 12.0 Å². The first kappa shape index (κ1) is 30.9. The van der Waals surface area contributed by atoms with Crippen LogP contribution in [0.15, 0.2) is 111 Å². The average molecular weight is 558 g/mol. The van der Waals surface area contributed by atoms with Gasteiger partial charge in [-0.15, -0.1) is 0 Å². The molecule has 0 aromatic heterocycles. The zero-order valence-electron chi connectivity index (χ0n) is 25.8. The summed E-state index contributed by atoms with van der Waals surface area (Å²) in [6, 6.07) is 23.7. The number of nitrogens with zero attached hydrogens (tertiary/aromatic N) is 1. The monoisotopic (exact) mass is 557 g/mol. The van der Waals surface area contributed by atoms with Crippen LogP contribution < -0.4 is 10.6 Å². The Morgan fingerprint density at radius 3 is 2.29 bits per heavy atom. The van der Waals surface area contributed by atoms with Crippen LogP contribution in [-0.4, -0.2) is 31.6 Å². The maximum Gasteiger partial charge on any atom is 0.0807 e. The van der Waals surface area contributed by atoms with E-state index >= 15 is 0 Å². The summed E-state index contributed by atoms with van der Waals surface area (Å²) in [4.78, 5) is 2.32. The lowest BCUT2D eigenvalue weighted by atomic mass is 9.96. The van der Waals surface area contributed by atoms with Gasteiger partial charge in [0.2, 0.25) is 0 Å². The van der Waals surface area contributed by atoms with Crippen molar-refractivity contribution >= 4 is 16.3 Å². The van der Waals surface area contributed by atoms with Crippen LogP contribution in [0.25, 0.3) is 16.3 Å². The lowest BCUT2D eigenvalue weighted by molar-refractivity contribution is 0.398. The molecule has 2 N–H and O–H groups in total. The number of rotatable bonds is 8. The first-order valence-electron chi connectivity index (χ1n) is 15.1. The van der Waals surface area contributed by atoms with Gasteiger partial charge in [0.1, 0.15) is 0 Å². The van der Waals surface area contributed by atoms with E-state index in [9.17, 15) is 0 Å². The fourth-order valence-electron chi connectivity index (χ4n) is 5.34. The predicted molar refractivity (Wildman–Crippen MR) is 182 cm³/mol. The van der Waals surface area contributed by atoms with Crippen LogP contribution in [0, 0.1) is 23.7 Å². The quantitative estimate of drug-likeness (QED) is 0.217. The second-order valence-corrected chi connectivity index (χ2v) is 12.1. The molecule has 6 rings (SSSR count). The number of hydrogen-bond acceptors (Lipinski definition) is 3. The Morgan fingerprint density at radius 2 is 1.64 bits per heavy atom. The van der Waals surface area contributed by atoms with Gasteiger partial charge < -0.3 is 15.5 Å². The predicted octanol–water partition coefficient (Wildman–Crippen LogP) is 8.07. The molecule has 2 aliphatic carbocycles. The van der Waals surface area contributed by atoms with Gasteiger partial charge in [0.05, 0.1) is 12.2 Å². The molecule has 1 saturated heterocycles. The van der Waals surface area contributed by atoms with Crippen molar-refractivity contribution in [2.75, 3.05) is 26.7 Å². The third-order valence-corrected chi connectivity index (χ3v) is 8.53. The second kappa shape index (κ2) is 14.3. The van der Waals surface area contributed by atoms with Crippen molar-refractivity contribution in [1.29, 1.82) is 0 Å². The van der Waals surface area contributed by atoms with Gasteiger partial charge in [0, 0.05) is 25.3 Å². The Bertz CT molecular complexity index is 1490. The van der Waals surface area contributed by atoms with Crippen LogP contribution in [0.3, 0.4) is 0 Å². The van der Waals surface area contributed by atoms with E-state index in [1.165, 1.54) is 59.8 Å². The molecule has 2 atom stereocenters. The average Bonchev–Trinajstić information content (AvgIpc) is 3.92. The van der Waals surface area contributed by atoms with Crippen LogP contribution in [0.5, 0.6) is 0 Å². The van der Waals surface area contributed by atoms with Gasteiger partial charge in [0.25, 0.3) is 0 Å². The van der Waals surface area contributed by atoms with Gasteiger partial charge in [0.15, 0.2) is 0 Å². The van der Waals surface area contributed by atoms with Gasteiger partial charge >= 0.3 is 0 Å². The Morgan fingerprint density at radius 1 is 0.976 bits per heavy atom. The molecule has 3 aromatic rings. The third-order valence-electron chi connectivity index (χ3n) is 8.53. The molecule has 42 heavy (non-hydrogen) atoms. The lowest BCUT2D eigenvalue weighted by Crippen LogP contribution is -2.20. The van der Waals surface area contributed by atoms with Crippen molar-refractivity contribution in [1.82, 2.24) is 15.5 Å². The Balaban J connectivity index is 0.000000145. The molecule has 1 heterocycles. The van der Waals surface area contributed by atoms with Gasteiger partial charge in [-0.2, -0.15) is 0 Å². The van der Waals surface area contributed by atoms with Gasteiger partial charge in [-0.1, -0.05) is 111 Å². The van der Waals surface area contributed by atoms with Gasteiger partial charge in [-0.3, -0.25) is 0 Å². The van der Waals surface area contributed by atoms with Crippen molar-refractivity contribution < 1.29 is 0 Å². The Hall–Kier alpha value is -4.00. The summed E-state index contributed by atoms with van der Waals surface area (Å²) in [5.41, 5.74) is 7.35. The summed E-state index contributed by atoms with van der Waals surface area (Å²) in [5.74, 6) is 8.05. The first-order valence-corrected chi connectivity index (χ1v) is 15.1. The molecule has 2 saturated carbocycles. The van der Waals surface area contributed by atoms with Crippen molar-refractivity contribution in [3.63, 3.8) is 0 Å². The van der Waals surface area contributed by atoms with E-state index in [1.807, 2.05) is 26.1 Å². The molecule has 0 bridgehead atoms. The van der Waals surface area contributed by atoms with Gasteiger partial charge in [-0.25, -0.2) is 0 Å². The smallest absolute Gasteiger partial charge is 0.0807 e. The topological polar surface area (TPSA) is 27.3 Å². The molecule has 0 radical (unpaired) electrons. The van der Waals surface area contributed by atoms with E-state index in [2.05, 4.69) is 115 Å². The minimum atomic E-state index is 0.490. The van der Waals surface area contributed by atoms with Crippen molar-refractivity contribution in [2.24, 2.45) is 11.8 Å². The number of nitrogens with one attached hydrogen (secondary N) is 2. The zero-order chi connectivity index (χ0) is 30.1. The van der Waals surface area contributed by atoms with E-state index in [-0.39, 0.29) is 0 Å². The molecule has 3 heteroatoms. The number of likely N-dealkylation sites (tertiary alicyclic amines) is 1. The highest BCUT2D eigenvalue weighted by Crippen LogP contribution is 2.48. The minimum Gasteiger partial charge on any atom is -0.381 e. The molecule has 0 amide bonds. The van der Waals surface area contributed by atoms with Crippen LogP contribution >= 0.6 is 0 Å². The SMILES string of the molecule is C=C(C#CCNC)N1CC2CC2C1.C=CC(=C)NCc1ccccc1C(=C)C.CC1(c2ccc3ccccc3c2)CC1. The molecule has 2 unspecified atom stereocenters. The number of allylic oxidation sites excluding steroid dienone is 3. The summed E-state index contributed by atoms with van der Waals surface area (Å²) in [5, 5.41) is 8.91. The standard InChI is InChI=1S/C14H17N.C14H14.C11H16N2/c1-5-12(4)15-10-13-8-6-7-9-14(13)11(2)3;1-14(8-9-14)13-7-6-11-4-2-3-5-12(11)10-13;1-9(4-3-5-12-2)13-7-10-6-11(10)8-13/h5-9,15H,1-2,4,10H2,3H3;2-7,10H,8-9H2,1H3;10-12H,1,5-8H2,2H3. The maximum absolute atomic E-state index is 3.99. The van der Waals surface area contributed by atoms with Crippen molar-refractivity contribution in [2.45, 2.75) is 45.1 Å². The highest BCUT2D eigenvalue weighted by Gasteiger charge is 2.45. The molecule has 3 fully saturated rings. The number of benzene rings is 3. The Labute approximate surface area is 254 Å². The molecule has 1 aliphatic heterocycles. The molecule has 3 nitrogen and oxygen atoms in total. The molecular formula is C39H47N3. The van der Waals surface area contributed by atoms with E-state index < -0.39 is 0 Å². The van der Waals surface area contributed by atoms with E-state index in [0.717, 1.165) is 41.9 Å². The second-order valence-electron chi connectivity index (χ2n) is 12.1. The fraction of sp³-hybridized carbons (Fsp3) is 0.333. The summed E-state index contributed by atoms with van der Waals surface area (Å²) in [6.07, 6.45) is 5.85. The maximum atomic E-state index is 3.99. The molecule has 0 spiro atoms. The van der Waals surface area contributed by atoms with Crippen LogP contribution in [0.1, 0.15) is 49.8 Å². The molecule has 3 aliphatic rings. The lowest BCUT2D eigenvalue weighted by Gasteiger charge is -2.18. The molecule has 3 aromatic carbocycles. The molecular weight excluding hydrogens is 510 g/mol. The summed E-state index contributed by atoms with van der Waals surface area (Å²) >= 11 is 0. The van der Waals surface area contributed by atoms with Crippen LogP contribution in [0.4, 0.5) is 0 Å². The van der Waals surface area contributed by atoms with Gasteiger partial charge in [-0.05, 0) is 89.9 Å². The normalized spacial score (nSPS) is 18.5. The number of hydrogen-bond donors (Lipinski definition) is 2. The van der Waals surface area contributed by atoms with E-state index in [0.29, 0.717) is 5.41 Å². The summed E-state index contributed by atoms with van der Waals surface area (Å²) < 4.78 is 0. The molecule has 218 valence electrons. The van der Waals surface area contributed by atoms with E-state index in [1.54, 1.807) is 6.08 Å². The highest BCUT2D eigenvalue weighted by molar-refractivity contribution is 5.83. The summed E-state index contributed by atoms with van der Waals surface area (Å²) in [7, 11) is 1.91.